The Morgan fingerprint density at radius 2 is 1.77 bits per heavy atom. The lowest BCUT2D eigenvalue weighted by Crippen LogP contribution is -2.24. The van der Waals surface area contributed by atoms with Gasteiger partial charge in [0.15, 0.2) is 10.8 Å². The van der Waals surface area contributed by atoms with Crippen molar-refractivity contribution < 1.29 is 13.9 Å². The molecule has 0 saturated carbocycles. The van der Waals surface area contributed by atoms with Gasteiger partial charge in [-0.05, 0) is 28.8 Å². The van der Waals surface area contributed by atoms with Gasteiger partial charge in [0, 0.05) is 11.9 Å². The number of thiazole rings is 1. The molecule has 30 heavy (non-hydrogen) atoms. The lowest BCUT2D eigenvalue weighted by Gasteiger charge is -2.08. The molecule has 0 bridgehead atoms. The lowest BCUT2D eigenvalue weighted by atomic mass is 10.1. The van der Waals surface area contributed by atoms with Crippen molar-refractivity contribution in [2.75, 3.05) is 0 Å². The SMILES string of the molecule is O=C(Cc1csc(-c2ccco2)n1)NCc1cccc(COCc2ccccc2)c1. The number of amides is 1. The zero-order chi connectivity index (χ0) is 20.6. The number of nitrogens with one attached hydrogen (secondary N) is 1. The van der Waals surface area contributed by atoms with Gasteiger partial charge >= 0.3 is 0 Å². The van der Waals surface area contributed by atoms with E-state index in [0.29, 0.717) is 19.8 Å². The van der Waals surface area contributed by atoms with Crippen LogP contribution in [0.1, 0.15) is 22.4 Å². The van der Waals surface area contributed by atoms with Gasteiger partial charge < -0.3 is 14.5 Å². The maximum atomic E-state index is 12.3. The van der Waals surface area contributed by atoms with Gasteiger partial charge in [-0.25, -0.2) is 4.98 Å². The molecular weight excluding hydrogens is 396 g/mol. The summed E-state index contributed by atoms with van der Waals surface area (Å²) < 4.78 is 11.1. The summed E-state index contributed by atoms with van der Waals surface area (Å²) >= 11 is 1.47. The number of rotatable bonds is 9. The van der Waals surface area contributed by atoms with Crippen LogP contribution in [0.4, 0.5) is 0 Å². The van der Waals surface area contributed by atoms with Gasteiger partial charge in [-0.3, -0.25) is 4.79 Å². The quantitative estimate of drug-likeness (QED) is 0.416. The summed E-state index contributed by atoms with van der Waals surface area (Å²) in [5.41, 5.74) is 4.02. The number of nitrogens with zero attached hydrogens (tertiary/aromatic N) is 1. The fourth-order valence-corrected chi connectivity index (χ4v) is 3.81. The highest BCUT2D eigenvalue weighted by atomic mass is 32.1. The smallest absolute Gasteiger partial charge is 0.226 e. The van der Waals surface area contributed by atoms with E-state index >= 15 is 0 Å². The van der Waals surface area contributed by atoms with E-state index in [-0.39, 0.29) is 12.3 Å². The summed E-state index contributed by atoms with van der Waals surface area (Å²) in [6.07, 6.45) is 1.86. The Balaban J connectivity index is 1.24. The number of furan rings is 1. The third kappa shape index (κ3) is 5.65. The molecule has 0 unspecified atom stereocenters. The van der Waals surface area contributed by atoms with E-state index in [1.807, 2.05) is 66.0 Å². The van der Waals surface area contributed by atoms with Crippen LogP contribution in [-0.2, 0) is 35.7 Å². The van der Waals surface area contributed by atoms with Crippen LogP contribution >= 0.6 is 11.3 Å². The van der Waals surface area contributed by atoms with Crippen molar-refractivity contribution in [2.24, 2.45) is 0 Å². The molecule has 1 amide bonds. The van der Waals surface area contributed by atoms with Gasteiger partial charge in [-0.15, -0.1) is 11.3 Å². The summed E-state index contributed by atoms with van der Waals surface area (Å²) in [5, 5.41) is 5.64. The Labute approximate surface area is 179 Å². The van der Waals surface area contributed by atoms with E-state index in [0.717, 1.165) is 33.2 Å². The number of hydrogen-bond acceptors (Lipinski definition) is 5. The van der Waals surface area contributed by atoms with E-state index in [9.17, 15) is 4.79 Å². The minimum Gasteiger partial charge on any atom is -0.462 e. The normalized spacial score (nSPS) is 10.8. The molecule has 2 aromatic carbocycles. The maximum absolute atomic E-state index is 12.3. The van der Waals surface area contributed by atoms with Crippen LogP contribution in [0.3, 0.4) is 0 Å². The van der Waals surface area contributed by atoms with Crippen LogP contribution in [0.15, 0.2) is 82.8 Å². The second-order valence-electron chi connectivity index (χ2n) is 6.87. The minimum absolute atomic E-state index is 0.0583. The molecule has 0 radical (unpaired) electrons. The summed E-state index contributed by atoms with van der Waals surface area (Å²) in [4.78, 5) is 16.8. The van der Waals surface area contributed by atoms with Gasteiger partial charge in [-0.2, -0.15) is 0 Å². The van der Waals surface area contributed by atoms with Crippen molar-refractivity contribution in [3.05, 3.63) is 101 Å². The molecule has 0 aliphatic heterocycles. The average molecular weight is 419 g/mol. The van der Waals surface area contributed by atoms with Crippen molar-refractivity contribution in [2.45, 2.75) is 26.2 Å². The van der Waals surface area contributed by atoms with E-state index in [1.165, 1.54) is 11.3 Å². The molecule has 2 aromatic heterocycles. The highest BCUT2D eigenvalue weighted by Crippen LogP contribution is 2.24. The van der Waals surface area contributed by atoms with Crippen LogP contribution in [-0.4, -0.2) is 10.9 Å². The lowest BCUT2D eigenvalue weighted by molar-refractivity contribution is -0.120. The Kier molecular flexibility index (Phi) is 6.69. The third-order valence-electron chi connectivity index (χ3n) is 4.49. The second kappa shape index (κ2) is 10.0. The first-order valence-electron chi connectivity index (χ1n) is 9.71. The number of hydrogen-bond donors (Lipinski definition) is 1. The van der Waals surface area contributed by atoms with Crippen LogP contribution in [0, 0.1) is 0 Å². The summed E-state index contributed by atoms with van der Waals surface area (Å²) in [6, 6.07) is 21.9. The highest BCUT2D eigenvalue weighted by molar-refractivity contribution is 7.13. The molecule has 0 saturated heterocycles. The Hall–Kier alpha value is -3.22. The summed E-state index contributed by atoms with van der Waals surface area (Å²) in [7, 11) is 0. The van der Waals surface area contributed by atoms with Gasteiger partial charge in [-0.1, -0.05) is 54.6 Å². The highest BCUT2D eigenvalue weighted by Gasteiger charge is 2.10. The first kappa shape index (κ1) is 20.1. The molecule has 1 N–H and O–H groups in total. The van der Waals surface area contributed by atoms with Crippen LogP contribution in [0.5, 0.6) is 0 Å². The predicted molar refractivity (Wildman–Crippen MR) is 117 cm³/mol. The third-order valence-corrected chi connectivity index (χ3v) is 5.39. The van der Waals surface area contributed by atoms with Crippen molar-refractivity contribution in [1.29, 1.82) is 0 Å². The molecule has 6 heteroatoms. The molecule has 152 valence electrons. The first-order valence-corrected chi connectivity index (χ1v) is 10.6. The molecule has 0 aliphatic carbocycles. The number of aromatic nitrogens is 1. The fourth-order valence-electron chi connectivity index (χ4n) is 3.02. The molecule has 4 aromatic rings. The molecule has 0 fully saturated rings. The van der Waals surface area contributed by atoms with E-state index in [1.54, 1.807) is 6.26 Å². The van der Waals surface area contributed by atoms with Crippen molar-refractivity contribution in [3.63, 3.8) is 0 Å². The van der Waals surface area contributed by atoms with Gasteiger partial charge in [0.05, 0.1) is 31.6 Å². The molecule has 0 aliphatic rings. The van der Waals surface area contributed by atoms with Crippen molar-refractivity contribution in [1.82, 2.24) is 10.3 Å². The van der Waals surface area contributed by atoms with Gasteiger partial charge in [0.2, 0.25) is 5.91 Å². The molecule has 2 heterocycles. The molecular formula is C24H22N2O3S. The van der Waals surface area contributed by atoms with Crippen molar-refractivity contribution in [3.8, 4) is 10.8 Å². The van der Waals surface area contributed by atoms with Crippen LogP contribution in [0.25, 0.3) is 10.8 Å². The van der Waals surface area contributed by atoms with E-state index < -0.39 is 0 Å². The fraction of sp³-hybridized carbons (Fsp3) is 0.167. The van der Waals surface area contributed by atoms with Gasteiger partial charge in [0.1, 0.15) is 0 Å². The average Bonchev–Trinajstić information content (AvgIpc) is 3.45. The topological polar surface area (TPSA) is 64.4 Å². The number of carbonyl (C=O) groups is 1. The predicted octanol–water partition coefficient (Wildman–Crippen LogP) is 4.98. The zero-order valence-corrected chi connectivity index (χ0v) is 17.2. The minimum atomic E-state index is -0.0583. The number of carbonyl (C=O) groups excluding carboxylic acids is 1. The largest absolute Gasteiger partial charge is 0.462 e. The second-order valence-corrected chi connectivity index (χ2v) is 7.73. The van der Waals surface area contributed by atoms with Gasteiger partial charge in [0.25, 0.3) is 0 Å². The number of ether oxygens (including phenoxy) is 1. The Morgan fingerprint density at radius 3 is 2.60 bits per heavy atom. The number of benzene rings is 2. The first-order chi connectivity index (χ1) is 14.8. The van der Waals surface area contributed by atoms with Crippen LogP contribution in [0.2, 0.25) is 0 Å². The Bertz CT molecular complexity index is 1070. The van der Waals surface area contributed by atoms with Crippen LogP contribution < -0.4 is 5.32 Å². The standard InChI is InChI=1S/C24H22N2O3S/c27-23(13-21-17-30-24(26-21)22-10-5-11-29-22)25-14-19-8-4-9-20(12-19)16-28-15-18-6-2-1-3-7-18/h1-12,17H,13-16H2,(H,25,27). The van der Waals surface area contributed by atoms with E-state index in [2.05, 4.69) is 16.4 Å². The van der Waals surface area contributed by atoms with E-state index in [4.69, 9.17) is 9.15 Å². The molecule has 4 rings (SSSR count). The van der Waals surface area contributed by atoms with Crippen molar-refractivity contribution >= 4 is 17.2 Å². The zero-order valence-electron chi connectivity index (χ0n) is 16.4. The monoisotopic (exact) mass is 418 g/mol. The maximum Gasteiger partial charge on any atom is 0.226 e. The summed E-state index contributed by atoms with van der Waals surface area (Å²) in [6.45, 7) is 1.58. The molecule has 5 nitrogen and oxygen atoms in total. The molecule has 0 atom stereocenters. The molecule has 0 spiro atoms. The Morgan fingerprint density at radius 1 is 0.967 bits per heavy atom. The summed E-state index contributed by atoms with van der Waals surface area (Å²) in [5.74, 6) is 0.662.